The Morgan fingerprint density at radius 3 is 2.42 bits per heavy atom. The summed E-state index contributed by atoms with van der Waals surface area (Å²) in [5.41, 5.74) is 4.26. The summed E-state index contributed by atoms with van der Waals surface area (Å²) in [5.74, 6) is 0. The third-order valence-corrected chi connectivity index (χ3v) is 8.11. The predicted molar refractivity (Wildman–Crippen MR) is 85.0 cm³/mol. The minimum atomic E-state index is -1.56. The van der Waals surface area contributed by atoms with Gasteiger partial charge in [0.2, 0.25) is 0 Å². The van der Waals surface area contributed by atoms with Gasteiger partial charge in [-0.25, -0.2) is 0 Å². The second-order valence-corrected chi connectivity index (χ2v) is 10.4. The summed E-state index contributed by atoms with van der Waals surface area (Å²) in [6, 6.07) is 15.8. The summed E-state index contributed by atoms with van der Waals surface area (Å²) in [7, 11) is 0.623. The van der Waals surface area contributed by atoms with Crippen LogP contribution in [0.15, 0.2) is 42.5 Å². The van der Waals surface area contributed by atoms with Crippen molar-refractivity contribution in [2.24, 2.45) is 0 Å². The van der Waals surface area contributed by atoms with Crippen molar-refractivity contribution in [3.63, 3.8) is 0 Å². The molecule has 0 bridgehead atoms. The Kier molecular flexibility index (Phi) is 2.00. The lowest BCUT2D eigenvalue weighted by molar-refractivity contribution is 0.951. The largest absolute Gasteiger partial charge is 0.355 e. The van der Waals surface area contributed by atoms with Crippen LogP contribution in [0.2, 0.25) is 13.1 Å². The van der Waals surface area contributed by atoms with Crippen molar-refractivity contribution in [3.05, 3.63) is 42.5 Å². The topological polar surface area (TPSA) is 6.48 Å². The fraction of sp³-hybridized carbons (Fsp3) is 0.250. The molecule has 0 fully saturated rings. The van der Waals surface area contributed by atoms with Crippen LogP contribution in [0.5, 0.6) is 0 Å². The Morgan fingerprint density at radius 1 is 0.895 bits per heavy atom. The second kappa shape index (κ2) is 3.42. The minimum Gasteiger partial charge on any atom is -0.355 e. The molecule has 0 unspecified atom stereocenters. The van der Waals surface area contributed by atoms with Gasteiger partial charge in [-0.1, -0.05) is 43.4 Å². The smallest absolute Gasteiger partial charge is 0.117 e. The Hall–Kier alpha value is -1.74. The third-order valence-electron chi connectivity index (χ3n) is 4.59. The molecule has 0 aliphatic carbocycles. The van der Waals surface area contributed by atoms with E-state index in [9.17, 15) is 0 Å². The SMILES string of the molecule is CN1CN2c3ccccc3[Si](C)(C)c3cccc1c32. The maximum absolute atomic E-state index is 2.48. The molecule has 2 aliphatic rings. The molecule has 2 aromatic carbocycles. The van der Waals surface area contributed by atoms with Gasteiger partial charge in [0, 0.05) is 12.7 Å². The number of rotatable bonds is 0. The second-order valence-electron chi connectivity index (χ2n) is 6.08. The molecule has 0 spiro atoms. The molecular weight excluding hydrogens is 248 g/mol. The molecule has 2 aromatic rings. The van der Waals surface area contributed by atoms with Crippen LogP contribution in [0.25, 0.3) is 0 Å². The molecule has 3 heteroatoms. The molecule has 2 aliphatic heterocycles. The van der Waals surface area contributed by atoms with Gasteiger partial charge in [0.25, 0.3) is 0 Å². The summed E-state index contributed by atoms with van der Waals surface area (Å²) in [6.45, 7) is 5.90. The van der Waals surface area contributed by atoms with Crippen molar-refractivity contribution in [2.45, 2.75) is 13.1 Å². The van der Waals surface area contributed by atoms with Crippen LogP contribution in [0.3, 0.4) is 0 Å². The van der Waals surface area contributed by atoms with E-state index in [0.29, 0.717) is 0 Å². The highest BCUT2D eigenvalue weighted by Crippen LogP contribution is 2.42. The first-order valence-corrected chi connectivity index (χ1v) is 9.82. The number of nitrogens with zero attached hydrogens (tertiary/aromatic N) is 2. The lowest BCUT2D eigenvalue weighted by Crippen LogP contribution is -2.58. The van der Waals surface area contributed by atoms with Gasteiger partial charge in [-0.05, 0) is 22.5 Å². The average molecular weight is 266 g/mol. The number of hydrogen-bond acceptors (Lipinski definition) is 2. The molecule has 2 nitrogen and oxygen atoms in total. The Balaban J connectivity index is 2.10. The molecule has 0 N–H and O–H groups in total. The van der Waals surface area contributed by atoms with E-state index < -0.39 is 8.07 Å². The molecule has 19 heavy (non-hydrogen) atoms. The fourth-order valence-corrected chi connectivity index (χ4v) is 6.60. The van der Waals surface area contributed by atoms with Gasteiger partial charge >= 0.3 is 0 Å². The van der Waals surface area contributed by atoms with Crippen molar-refractivity contribution in [2.75, 3.05) is 23.5 Å². The predicted octanol–water partition coefficient (Wildman–Crippen LogP) is 2.37. The molecule has 0 saturated heterocycles. The summed E-state index contributed by atoms with van der Waals surface area (Å²) in [5, 5.41) is 3.14. The van der Waals surface area contributed by atoms with Gasteiger partial charge < -0.3 is 9.80 Å². The van der Waals surface area contributed by atoms with Crippen molar-refractivity contribution in [1.29, 1.82) is 0 Å². The number of fused-ring (bicyclic) bond motifs is 2. The standard InChI is InChI=1S/C16H18N2Si/c1-17-11-18-12-7-4-5-9-14(12)19(2,3)15-10-6-8-13(17)16(15)18/h4-10H,11H2,1-3H3. The van der Waals surface area contributed by atoms with E-state index in [2.05, 4.69) is 72.4 Å². The molecule has 0 aromatic heterocycles. The average Bonchev–Trinajstić information content (AvgIpc) is 2.75. The molecule has 2 heterocycles. The molecule has 4 rings (SSSR count). The lowest BCUT2D eigenvalue weighted by atomic mass is 10.2. The molecule has 0 radical (unpaired) electrons. The number of para-hydroxylation sites is 2. The number of benzene rings is 2. The monoisotopic (exact) mass is 266 g/mol. The van der Waals surface area contributed by atoms with Gasteiger partial charge in [-0.2, -0.15) is 0 Å². The Bertz CT molecular complexity index is 678. The van der Waals surface area contributed by atoms with Crippen molar-refractivity contribution < 1.29 is 0 Å². The normalized spacial score (nSPS) is 18.3. The minimum absolute atomic E-state index is 0.966. The van der Waals surface area contributed by atoms with Gasteiger partial charge in [0.15, 0.2) is 0 Å². The van der Waals surface area contributed by atoms with E-state index >= 15 is 0 Å². The van der Waals surface area contributed by atoms with Crippen LogP contribution in [-0.2, 0) is 0 Å². The number of hydrogen-bond donors (Lipinski definition) is 0. The molecular formula is C16H18N2Si. The van der Waals surface area contributed by atoms with Crippen LogP contribution in [0.1, 0.15) is 0 Å². The maximum Gasteiger partial charge on any atom is 0.117 e. The van der Waals surface area contributed by atoms with E-state index in [4.69, 9.17) is 0 Å². The van der Waals surface area contributed by atoms with Crippen LogP contribution < -0.4 is 20.2 Å². The zero-order valence-corrected chi connectivity index (χ0v) is 12.6. The van der Waals surface area contributed by atoms with Crippen molar-refractivity contribution in [3.8, 4) is 0 Å². The Morgan fingerprint density at radius 2 is 1.58 bits per heavy atom. The molecule has 0 amide bonds. The highest BCUT2D eigenvalue weighted by atomic mass is 28.3. The zero-order valence-electron chi connectivity index (χ0n) is 11.6. The first-order chi connectivity index (χ1) is 9.10. The first-order valence-electron chi connectivity index (χ1n) is 6.82. The van der Waals surface area contributed by atoms with E-state index in [1.807, 2.05) is 0 Å². The van der Waals surface area contributed by atoms with Crippen molar-refractivity contribution in [1.82, 2.24) is 0 Å². The highest BCUT2D eigenvalue weighted by molar-refractivity contribution is 7.02. The van der Waals surface area contributed by atoms with E-state index in [0.717, 1.165) is 6.67 Å². The van der Waals surface area contributed by atoms with Crippen LogP contribution in [0.4, 0.5) is 17.1 Å². The van der Waals surface area contributed by atoms with Crippen molar-refractivity contribution >= 4 is 35.5 Å². The highest BCUT2D eigenvalue weighted by Gasteiger charge is 2.41. The van der Waals surface area contributed by atoms with Gasteiger partial charge in [0.05, 0.1) is 18.0 Å². The van der Waals surface area contributed by atoms with Crippen LogP contribution in [0, 0.1) is 0 Å². The Labute approximate surface area is 115 Å². The fourth-order valence-electron chi connectivity index (χ4n) is 3.57. The lowest BCUT2D eigenvalue weighted by Gasteiger charge is -2.38. The number of anilines is 3. The first kappa shape index (κ1) is 11.1. The molecule has 0 atom stereocenters. The third kappa shape index (κ3) is 1.26. The van der Waals surface area contributed by atoms with Gasteiger partial charge in [-0.15, -0.1) is 0 Å². The van der Waals surface area contributed by atoms with Crippen LogP contribution in [-0.4, -0.2) is 21.8 Å². The zero-order chi connectivity index (χ0) is 13.2. The van der Waals surface area contributed by atoms with Gasteiger partial charge in [-0.3, -0.25) is 0 Å². The van der Waals surface area contributed by atoms with Crippen LogP contribution >= 0.6 is 0 Å². The summed E-state index contributed by atoms with van der Waals surface area (Å²) >= 11 is 0. The van der Waals surface area contributed by atoms with Gasteiger partial charge in [0.1, 0.15) is 8.07 Å². The summed E-state index contributed by atoms with van der Waals surface area (Å²) < 4.78 is 0. The van der Waals surface area contributed by atoms with E-state index in [1.54, 1.807) is 10.4 Å². The summed E-state index contributed by atoms with van der Waals surface area (Å²) in [4.78, 5) is 4.84. The van der Waals surface area contributed by atoms with E-state index in [1.165, 1.54) is 17.1 Å². The van der Waals surface area contributed by atoms with E-state index in [-0.39, 0.29) is 0 Å². The molecule has 0 saturated carbocycles. The molecule has 96 valence electrons. The maximum atomic E-state index is 2.48. The quantitative estimate of drug-likeness (QED) is 0.676. The summed E-state index contributed by atoms with van der Waals surface area (Å²) in [6.07, 6.45) is 0.